The maximum absolute atomic E-state index is 13.5. The fourth-order valence-electron chi connectivity index (χ4n) is 2.09. The van der Waals surface area contributed by atoms with Gasteiger partial charge in [0.25, 0.3) is 0 Å². The summed E-state index contributed by atoms with van der Waals surface area (Å²) in [6, 6.07) is 0.813. The van der Waals surface area contributed by atoms with Gasteiger partial charge in [0.05, 0.1) is 11.4 Å². The van der Waals surface area contributed by atoms with Crippen molar-refractivity contribution >= 4 is 16.9 Å². The van der Waals surface area contributed by atoms with E-state index in [-0.39, 0.29) is 29.2 Å². The van der Waals surface area contributed by atoms with Crippen molar-refractivity contribution < 1.29 is 17.6 Å². The summed E-state index contributed by atoms with van der Waals surface area (Å²) in [4.78, 5) is 3.72. The van der Waals surface area contributed by atoms with Crippen molar-refractivity contribution in [2.45, 2.75) is 19.5 Å². The van der Waals surface area contributed by atoms with Crippen molar-refractivity contribution in [3.63, 3.8) is 0 Å². The largest absolute Gasteiger partial charge is 0.420 e. The highest BCUT2D eigenvalue weighted by Gasteiger charge is 2.35. The molecule has 5 nitrogen and oxygen atoms in total. The van der Waals surface area contributed by atoms with Crippen molar-refractivity contribution in [3.8, 4) is 0 Å². The van der Waals surface area contributed by atoms with E-state index in [1.807, 2.05) is 0 Å². The van der Waals surface area contributed by atoms with Crippen LogP contribution in [0.15, 0.2) is 24.0 Å². The van der Waals surface area contributed by atoms with Gasteiger partial charge in [0.2, 0.25) is 0 Å². The van der Waals surface area contributed by atoms with E-state index in [0.717, 1.165) is 16.8 Å². The van der Waals surface area contributed by atoms with Gasteiger partial charge in [-0.05, 0) is 19.1 Å². The molecule has 2 aromatic rings. The third kappa shape index (κ3) is 2.38. The summed E-state index contributed by atoms with van der Waals surface area (Å²) in [5.41, 5.74) is -1.52. The zero-order valence-corrected chi connectivity index (χ0v) is 11.2. The molecule has 1 aliphatic carbocycles. The minimum Gasteiger partial charge on any atom is -0.302 e. The van der Waals surface area contributed by atoms with Crippen molar-refractivity contribution in [3.05, 3.63) is 41.1 Å². The van der Waals surface area contributed by atoms with Crippen molar-refractivity contribution in [2.24, 2.45) is 0 Å². The van der Waals surface area contributed by atoms with Gasteiger partial charge in [-0.15, -0.1) is 14.8 Å². The molecular formula is C13H9F4N5. The minimum absolute atomic E-state index is 0.00484. The molecule has 9 heteroatoms. The van der Waals surface area contributed by atoms with Crippen LogP contribution in [0.5, 0.6) is 0 Å². The molecule has 0 spiro atoms. The first-order valence-corrected chi connectivity index (χ1v) is 6.23. The van der Waals surface area contributed by atoms with Crippen LogP contribution in [0, 0.1) is 12.3 Å². The maximum Gasteiger partial charge on any atom is 0.420 e. The molecule has 0 aromatic carbocycles. The molecule has 0 fully saturated rings. The first-order valence-electron chi connectivity index (χ1n) is 6.23. The molecular weight excluding hydrogens is 302 g/mol. The molecule has 0 aliphatic heterocycles. The number of nitrogens with one attached hydrogen (secondary N) is 1. The fraction of sp³-hybridized carbons (Fsp3) is 0.231. The van der Waals surface area contributed by atoms with Crippen LogP contribution in [0.2, 0.25) is 0 Å². The molecule has 2 heterocycles. The van der Waals surface area contributed by atoms with Crippen LogP contribution in [0.25, 0.3) is 11.2 Å². The Balaban J connectivity index is 2.22. The SMILES string of the molecule is Cc1nc2c(C(F)(F)F)cc(C3=CCC(=N)C(F)=C3)nn2n1. The summed E-state index contributed by atoms with van der Waals surface area (Å²) < 4.78 is 53.8. The molecule has 0 amide bonds. The second kappa shape index (κ2) is 4.72. The van der Waals surface area contributed by atoms with E-state index < -0.39 is 23.2 Å². The molecule has 114 valence electrons. The van der Waals surface area contributed by atoms with E-state index in [0.29, 0.717) is 0 Å². The Morgan fingerprint density at radius 1 is 1.27 bits per heavy atom. The van der Waals surface area contributed by atoms with Crippen LogP contribution in [0.4, 0.5) is 17.6 Å². The topological polar surface area (TPSA) is 66.9 Å². The Morgan fingerprint density at radius 2 is 2.00 bits per heavy atom. The Kier molecular flexibility index (Phi) is 3.08. The fourth-order valence-corrected chi connectivity index (χ4v) is 2.09. The molecule has 22 heavy (non-hydrogen) atoms. The summed E-state index contributed by atoms with van der Waals surface area (Å²) in [7, 11) is 0. The molecule has 1 N–H and O–H groups in total. The van der Waals surface area contributed by atoms with Gasteiger partial charge in [-0.3, -0.25) is 0 Å². The van der Waals surface area contributed by atoms with Crippen LogP contribution in [0.1, 0.15) is 23.5 Å². The first-order chi connectivity index (χ1) is 10.3. The summed E-state index contributed by atoms with van der Waals surface area (Å²) in [5, 5.41) is 15.0. The molecule has 1 aliphatic rings. The highest BCUT2D eigenvalue weighted by Crippen LogP contribution is 2.34. The lowest BCUT2D eigenvalue weighted by Gasteiger charge is -2.12. The molecule has 0 atom stereocenters. The predicted molar refractivity (Wildman–Crippen MR) is 70.0 cm³/mol. The average Bonchev–Trinajstić information content (AvgIpc) is 2.79. The lowest BCUT2D eigenvalue weighted by atomic mass is 10.0. The summed E-state index contributed by atoms with van der Waals surface area (Å²) in [5.74, 6) is -0.640. The van der Waals surface area contributed by atoms with Crippen LogP contribution in [-0.4, -0.2) is 25.5 Å². The van der Waals surface area contributed by atoms with E-state index in [9.17, 15) is 17.6 Å². The Hall–Kier alpha value is -2.58. The van der Waals surface area contributed by atoms with Crippen molar-refractivity contribution in [2.75, 3.05) is 0 Å². The molecule has 0 radical (unpaired) electrons. The Morgan fingerprint density at radius 3 is 2.64 bits per heavy atom. The quantitative estimate of drug-likeness (QED) is 0.823. The molecule has 3 rings (SSSR count). The minimum atomic E-state index is -4.64. The number of aromatic nitrogens is 4. The monoisotopic (exact) mass is 311 g/mol. The Bertz CT molecular complexity index is 844. The summed E-state index contributed by atoms with van der Waals surface area (Å²) in [6.07, 6.45) is -2.20. The number of allylic oxidation sites excluding steroid dienone is 4. The van der Waals surface area contributed by atoms with E-state index >= 15 is 0 Å². The van der Waals surface area contributed by atoms with Gasteiger partial charge in [0, 0.05) is 12.0 Å². The molecule has 2 aromatic heterocycles. The lowest BCUT2D eigenvalue weighted by molar-refractivity contribution is -0.136. The second-order valence-corrected chi connectivity index (χ2v) is 4.75. The number of fused-ring (bicyclic) bond motifs is 1. The maximum atomic E-state index is 13.5. The number of halogens is 4. The van der Waals surface area contributed by atoms with Gasteiger partial charge in [0.15, 0.2) is 5.65 Å². The van der Waals surface area contributed by atoms with Gasteiger partial charge in [0.1, 0.15) is 17.2 Å². The van der Waals surface area contributed by atoms with E-state index in [1.54, 1.807) is 0 Å². The van der Waals surface area contributed by atoms with Crippen LogP contribution in [0.3, 0.4) is 0 Å². The number of hydrogen-bond donors (Lipinski definition) is 1. The number of nitrogens with zero attached hydrogens (tertiary/aromatic N) is 4. The first kappa shape index (κ1) is 14.4. The third-order valence-electron chi connectivity index (χ3n) is 3.12. The van der Waals surface area contributed by atoms with Crippen LogP contribution >= 0.6 is 0 Å². The predicted octanol–water partition coefficient (Wildman–Crippen LogP) is 3.11. The van der Waals surface area contributed by atoms with Crippen molar-refractivity contribution in [1.29, 1.82) is 5.41 Å². The average molecular weight is 311 g/mol. The van der Waals surface area contributed by atoms with Crippen molar-refractivity contribution in [1.82, 2.24) is 19.8 Å². The molecule has 0 bridgehead atoms. The molecule has 0 saturated carbocycles. The highest BCUT2D eigenvalue weighted by molar-refractivity contribution is 6.02. The smallest absolute Gasteiger partial charge is 0.302 e. The van der Waals surface area contributed by atoms with Crippen LogP contribution < -0.4 is 0 Å². The molecule has 0 unspecified atom stereocenters. The van der Waals surface area contributed by atoms with E-state index in [1.165, 1.54) is 13.0 Å². The zero-order chi connectivity index (χ0) is 16.1. The van der Waals surface area contributed by atoms with E-state index in [4.69, 9.17) is 5.41 Å². The summed E-state index contributed by atoms with van der Waals surface area (Å²) in [6.45, 7) is 1.45. The normalized spacial score (nSPS) is 16.0. The van der Waals surface area contributed by atoms with E-state index in [2.05, 4.69) is 15.2 Å². The number of rotatable bonds is 1. The van der Waals surface area contributed by atoms with Gasteiger partial charge in [-0.2, -0.15) is 13.2 Å². The number of hydrogen-bond acceptors (Lipinski definition) is 4. The van der Waals surface area contributed by atoms with Gasteiger partial charge in [-0.1, -0.05) is 6.08 Å². The number of alkyl halides is 3. The lowest BCUT2D eigenvalue weighted by Crippen LogP contribution is -2.12. The Labute approximate surface area is 121 Å². The van der Waals surface area contributed by atoms with Gasteiger partial charge < -0.3 is 5.41 Å². The highest BCUT2D eigenvalue weighted by atomic mass is 19.4. The second-order valence-electron chi connectivity index (χ2n) is 4.75. The van der Waals surface area contributed by atoms with Gasteiger partial charge in [-0.25, -0.2) is 9.37 Å². The standard InChI is InChI=1S/C13H9F4N5/c1-6-19-12-8(13(15,16)17)5-11(21-22(12)20-6)7-2-3-10(18)9(14)4-7/h2,4-5,18H,3H2,1H3. The van der Waals surface area contributed by atoms with Gasteiger partial charge >= 0.3 is 6.18 Å². The zero-order valence-electron chi connectivity index (χ0n) is 11.2. The number of aryl methyl sites for hydroxylation is 1. The summed E-state index contributed by atoms with van der Waals surface area (Å²) >= 11 is 0. The molecule has 0 saturated heterocycles. The third-order valence-corrected chi connectivity index (χ3v) is 3.12. The van der Waals surface area contributed by atoms with Crippen LogP contribution in [-0.2, 0) is 6.18 Å².